The predicted octanol–water partition coefficient (Wildman–Crippen LogP) is 2.59. The van der Waals surface area contributed by atoms with Crippen LogP contribution in [0, 0.1) is 5.92 Å². The minimum atomic E-state index is 0.553. The summed E-state index contributed by atoms with van der Waals surface area (Å²) in [6, 6.07) is 0.553. The van der Waals surface area contributed by atoms with E-state index < -0.39 is 0 Å². The average molecular weight is 239 g/mol. The van der Waals surface area contributed by atoms with Crippen molar-refractivity contribution in [3.05, 3.63) is 10.0 Å². The summed E-state index contributed by atoms with van der Waals surface area (Å²) in [5.74, 6) is 1.51. The minimum absolute atomic E-state index is 0.553. The van der Waals surface area contributed by atoms with Gasteiger partial charge in [-0.1, -0.05) is 20.8 Å². The van der Waals surface area contributed by atoms with Gasteiger partial charge in [0, 0.05) is 24.9 Å². The Balaban J connectivity index is 1.82. The Morgan fingerprint density at radius 3 is 2.69 bits per heavy atom. The molecule has 0 aromatic carbocycles. The number of aromatic nitrogens is 2. The molecule has 1 aliphatic rings. The Morgan fingerprint density at radius 2 is 2.06 bits per heavy atom. The van der Waals surface area contributed by atoms with Crippen LogP contribution in [0.3, 0.4) is 0 Å². The predicted molar refractivity (Wildman–Crippen MR) is 67.9 cm³/mol. The maximum Gasteiger partial charge on any atom is 0.120 e. The molecular formula is C12H21N3S. The fourth-order valence-electron chi connectivity index (χ4n) is 1.82. The normalized spacial score (nSPS) is 18.0. The van der Waals surface area contributed by atoms with Crippen LogP contribution in [0.25, 0.3) is 0 Å². The summed E-state index contributed by atoms with van der Waals surface area (Å²) in [5, 5.41) is 14.4. The molecule has 1 heterocycles. The summed E-state index contributed by atoms with van der Waals surface area (Å²) in [7, 11) is 0. The molecule has 1 fully saturated rings. The molecule has 1 aromatic rings. The van der Waals surface area contributed by atoms with Crippen molar-refractivity contribution >= 4 is 11.3 Å². The van der Waals surface area contributed by atoms with Gasteiger partial charge in [0.15, 0.2) is 0 Å². The van der Waals surface area contributed by atoms with Gasteiger partial charge in [-0.2, -0.15) is 0 Å². The van der Waals surface area contributed by atoms with E-state index in [9.17, 15) is 0 Å². The van der Waals surface area contributed by atoms with Gasteiger partial charge in [0.25, 0.3) is 0 Å². The summed E-state index contributed by atoms with van der Waals surface area (Å²) in [4.78, 5) is 0. The van der Waals surface area contributed by atoms with Gasteiger partial charge in [-0.15, -0.1) is 21.5 Å². The highest BCUT2D eigenvalue weighted by Crippen LogP contribution is 2.42. The van der Waals surface area contributed by atoms with Crippen LogP contribution < -0.4 is 5.32 Å². The lowest BCUT2D eigenvalue weighted by Crippen LogP contribution is -2.24. The Kier molecular flexibility index (Phi) is 3.92. The molecule has 1 unspecified atom stereocenters. The van der Waals surface area contributed by atoms with Crippen molar-refractivity contribution in [2.45, 2.75) is 52.0 Å². The molecule has 1 atom stereocenters. The van der Waals surface area contributed by atoms with Crippen molar-refractivity contribution in [1.82, 2.24) is 15.5 Å². The quantitative estimate of drug-likeness (QED) is 0.829. The van der Waals surface area contributed by atoms with E-state index in [-0.39, 0.29) is 0 Å². The van der Waals surface area contributed by atoms with Crippen LogP contribution in [0.2, 0.25) is 0 Å². The molecule has 1 saturated carbocycles. The maximum atomic E-state index is 4.32. The Morgan fingerprint density at radius 1 is 1.31 bits per heavy atom. The highest BCUT2D eigenvalue weighted by Gasteiger charge is 2.31. The molecular weight excluding hydrogens is 218 g/mol. The number of rotatable bonds is 6. The fraction of sp³-hybridized carbons (Fsp3) is 0.833. The zero-order valence-corrected chi connectivity index (χ0v) is 11.2. The highest BCUT2D eigenvalue weighted by molar-refractivity contribution is 7.11. The van der Waals surface area contributed by atoms with Gasteiger partial charge >= 0.3 is 0 Å². The zero-order valence-electron chi connectivity index (χ0n) is 10.4. The van der Waals surface area contributed by atoms with Gasteiger partial charge < -0.3 is 5.32 Å². The van der Waals surface area contributed by atoms with E-state index in [0.717, 1.165) is 18.9 Å². The third-order valence-corrected chi connectivity index (χ3v) is 4.28. The van der Waals surface area contributed by atoms with Crippen molar-refractivity contribution in [2.75, 3.05) is 6.54 Å². The van der Waals surface area contributed by atoms with Crippen LogP contribution in [0.4, 0.5) is 0 Å². The van der Waals surface area contributed by atoms with Crippen LogP contribution in [-0.4, -0.2) is 22.8 Å². The molecule has 90 valence electrons. The lowest BCUT2D eigenvalue weighted by atomic mass is 10.1. The van der Waals surface area contributed by atoms with Crippen molar-refractivity contribution in [3.63, 3.8) is 0 Å². The number of nitrogens with one attached hydrogen (secondary N) is 1. The van der Waals surface area contributed by atoms with E-state index in [1.165, 1.54) is 22.9 Å². The second-order valence-corrected chi connectivity index (χ2v) is 6.11. The first kappa shape index (κ1) is 12.0. The molecule has 0 bridgehead atoms. The maximum absolute atomic E-state index is 4.32. The molecule has 0 saturated heterocycles. The molecule has 0 amide bonds. The monoisotopic (exact) mass is 239 g/mol. The van der Waals surface area contributed by atoms with Gasteiger partial charge in [-0.05, 0) is 18.8 Å². The van der Waals surface area contributed by atoms with Crippen molar-refractivity contribution in [1.29, 1.82) is 0 Å². The Bertz CT molecular complexity index is 331. The van der Waals surface area contributed by atoms with Crippen LogP contribution in [-0.2, 0) is 6.42 Å². The van der Waals surface area contributed by atoms with Crippen LogP contribution in [0.5, 0.6) is 0 Å². The molecule has 4 heteroatoms. The molecule has 1 aliphatic carbocycles. The van der Waals surface area contributed by atoms with Crippen LogP contribution >= 0.6 is 11.3 Å². The first-order valence-corrected chi connectivity index (χ1v) is 7.04. The molecule has 0 spiro atoms. The van der Waals surface area contributed by atoms with E-state index in [0.29, 0.717) is 12.0 Å². The third kappa shape index (κ3) is 3.25. The molecule has 16 heavy (non-hydrogen) atoms. The van der Waals surface area contributed by atoms with Gasteiger partial charge in [0.2, 0.25) is 0 Å². The Hall–Kier alpha value is -0.480. The topological polar surface area (TPSA) is 37.8 Å². The molecule has 2 rings (SSSR count). The van der Waals surface area contributed by atoms with Gasteiger partial charge in [-0.3, -0.25) is 0 Å². The van der Waals surface area contributed by atoms with Crippen molar-refractivity contribution in [3.8, 4) is 0 Å². The summed E-state index contributed by atoms with van der Waals surface area (Å²) in [5.41, 5.74) is 0. The first-order chi connectivity index (χ1) is 7.66. The van der Waals surface area contributed by atoms with Crippen molar-refractivity contribution in [2.24, 2.45) is 5.92 Å². The summed E-state index contributed by atoms with van der Waals surface area (Å²) >= 11 is 1.80. The van der Waals surface area contributed by atoms with Gasteiger partial charge in [0.1, 0.15) is 10.0 Å². The number of hydrogen-bond donors (Lipinski definition) is 1. The fourth-order valence-corrected chi connectivity index (χ4v) is 2.80. The molecule has 0 aliphatic heterocycles. The highest BCUT2D eigenvalue weighted by atomic mass is 32.1. The lowest BCUT2D eigenvalue weighted by Gasteiger charge is -2.05. The number of nitrogens with zero attached hydrogens (tertiary/aromatic N) is 2. The van der Waals surface area contributed by atoms with Crippen LogP contribution in [0.15, 0.2) is 0 Å². The average Bonchev–Trinajstić information content (AvgIpc) is 2.97. The third-order valence-electron chi connectivity index (χ3n) is 3.09. The van der Waals surface area contributed by atoms with E-state index in [1.807, 2.05) is 0 Å². The van der Waals surface area contributed by atoms with E-state index in [1.54, 1.807) is 11.3 Å². The summed E-state index contributed by atoms with van der Waals surface area (Å²) in [6.07, 6.45) is 3.77. The molecule has 1 N–H and O–H groups in total. The zero-order chi connectivity index (χ0) is 11.5. The van der Waals surface area contributed by atoms with E-state index in [2.05, 4.69) is 36.3 Å². The van der Waals surface area contributed by atoms with Crippen LogP contribution in [0.1, 0.15) is 49.5 Å². The lowest BCUT2D eigenvalue weighted by molar-refractivity contribution is 0.588. The minimum Gasteiger partial charge on any atom is -0.314 e. The van der Waals surface area contributed by atoms with Gasteiger partial charge in [0.05, 0.1) is 0 Å². The standard InChI is InChI=1S/C12H21N3S/c1-8(2)13-7-6-11-14-15-12(16-11)9(3)10-4-5-10/h8-10,13H,4-7H2,1-3H3. The smallest absolute Gasteiger partial charge is 0.120 e. The second kappa shape index (κ2) is 5.23. The Labute approximate surface area is 102 Å². The molecule has 0 radical (unpaired) electrons. The largest absolute Gasteiger partial charge is 0.314 e. The van der Waals surface area contributed by atoms with Gasteiger partial charge in [-0.25, -0.2) is 0 Å². The second-order valence-electron chi connectivity index (χ2n) is 5.02. The first-order valence-electron chi connectivity index (χ1n) is 6.22. The summed E-state index contributed by atoms with van der Waals surface area (Å²) in [6.45, 7) is 7.62. The van der Waals surface area contributed by atoms with Crippen molar-refractivity contribution < 1.29 is 0 Å². The molecule has 3 nitrogen and oxygen atoms in total. The number of hydrogen-bond acceptors (Lipinski definition) is 4. The summed E-state index contributed by atoms with van der Waals surface area (Å²) < 4.78 is 0. The van der Waals surface area contributed by atoms with E-state index >= 15 is 0 Å². The SMILES string of the molecule is CC(C)NCCc1nnc(C(C)C2CC2)s1. The molecule has 1 aromatic heterocycles. The van der Waals surface area contributed by atoms with E-state index in [4.69, 9.17) is 0 Å².